The standard InChI is InChI=1S/C18H18O7/c1-8-6-10(7-11(18(21)22)15(8)23-3)12-9(2)13(19)16(24-4)17(25-5)14(12)20/h6-7H,1-5H3,(H,21,22). The largest absolute Gasteiger partial charge is 0.496 e. The number of carboxylic acids is 1. The van der Waals surface area contributed by atoms with E-state index >= 15 is 0 Å². The Bertz CT molecular complexity index is 843. The smallest absolute Gasteiger partial charge is 0.339 e. The van der Waals surface area contributed by atoms with Gasteiger partial charge in [-0.3, -0.25) is 9.59 Å². The molecule has 0 atom stereocenters. The number of carbonyl (C=O) groups excluding carboxylic acids is 2. The predicted molar refractivity (Wildman–Crippen MR) is 88.3 cm³/mol. The van der Waals surface area contributed by atoms with E-state index in [1.807, 2.05) is 0 Å². The number of carboxylic acid groups (broad SMARTS) is 1. The molecule has 0 aliphatic heterocycles. The molecule has 132 valence electrons. The van der Waals surface area contributed by atoms with Gasteiger partial charge in [0.2, 0.25) is 23.1 Å². The topological polar surface area (TPSA) is 99.1 Å². The molecular formula is C18H18O7. The molecule has 1 aliphatic rings. The third kappa shape index (κ3) is 2.88. The average Bonchev–Trinajstić information content (AvgIpc) is 2.57. The Hall–Kier alpha value is -3.09. The zero-order valence-corrected chi connectivity index (χ0v) is 14.6. The summed E-state index contributed by atoms with van der Waals surface area (Å²) in [4.78, 5) is 36.8. The number of Topliss-reactive ketones (excluding diaryl/α,β-unsaturated/α-hetero) is 2. The number of rotatable bonds is 5. The number of hydrogen-bond acceptors (Lipinski definition) is 6. The second kappa shape index (κ2) is 6.80. The molecule has 0 aromatic heterocycles. The van der Waals surface area contributed by atoms with Crippen molar-refractivity contribution < 1.29 is 33.7 Å². The number of ether oxygens (including phenoxy) is 3. The van der Waals surface area contributed by atoms with Crippen molar-refractivity contribution >= 4 is 23.1 Å². The molecule has 0 amide bonds. The monoisotopic (exact) mass is 346 g/mol. The van der Waals surface area contributed by atoms with Gasteiger partial charge in [0.15, 0.2) is 0 Å². The van der Waals surface area contributed by atoms with Crippen molar-refractivity contribution in [3.8, 4) is 5.75 Å². The Labute approximate surface area is 144 Å². The summed E-state index contributed by atoms with van der Waals surface area (Å²) in [5.41, 5.74) is 0.965. The first kappa shape index (κ1) is 18.3. The van der Waals surface area contributed by atoms with Crippen LogP contribution in [0.1, 0.15) is 28.4 Å². The summed E-state index contributed by atoms with van der Waals surface area (Å²) >= 11 is 0. The highest BCUT2D eigenvalue weighted by Crippen LogP contribution is 2.35. The second-order valence-electron chi connectivity index (χ2n) is 5.40. The molecule has 0 saturated heterocycles. The van der Waals surface area contributed by atoms with E-state index in [1.165, 1.54) is 34.3 Å². The first-order valence-corrected chi connectivity index (χ1v) is 7.33. The summed E-state index contributed by atoms with van der Waals surface area (Å²) in [5.74, 6) is -2.41. The van der Waals surface area contributed by atoms with Crippen molar-refractivity contribution in [3.05, 3.63) is 45.9 Å². The summed E-state index contributed by atoms with van der Waals surface area (Å²) < 4.78 is 15.2. The van der Waals surface area contributed by atoms with E-state index in [9.17, 15) is 19.5 Å². The van der Waals surface area contributed by atoms with Gasteiger partial charge in [0.1, 0.15) is 11.3 Å². The summed E-state index contributed by atoms with van der Waals surface area (Å²) in [6.45, 7) is 3.15. The summed E-state index contributed by atoms with van der Waals surface area (Å²) in [6, 6.07) is 2.91. The van der Waals surface area contributed by atoms with Gasteiger partial charge in [0, 0.05) is 11.1 Å². The average molecular weight is 346 g/mol. The van der Waals surface area contributed by atoms with Crippen molar-refractivity contribution in [2.24, 2.45) is 0 Å². The van der Waals surface area contributed by atoms with Gasteiger partial charge in [-0.15, -0.1) is 0 Å². The van der Waals surface area contributed by atoms with Gasteiger partial charge in [-0.1, -0.05) is 0 Å². The summed E-state index contributed by atoms with van der Waals surface area (Å²) in [6.07, 6.45) is 0. The first-order valence-electron chi connectivity index (χ1n) is 7.33. The van der Waals surface area contributed by atoms with Crippen LogP contribution in [0.5, 0.6) is 5.75 Å². The van der Waals surface area contributed by atoms with E-state index in [0.717, 1.165) is 0 Å². The van der Waals surface area contributed by atoms with Crippen LogP contribution in [0.4, 0.5) is 0 Å². The van der Waals surface area contributed by atoms with Crippen LogP contribution in [0.25, 0.3) is 5.57 Å². The number of allylic oxidation sites excluding steroid dienone is 2. The highest BCUT2D eigenvalue weighted by molar-refractivity contribution is 6.38. The Kier molecular flexibility index (Phi) is 4.97. The number of methoxy groups -OCH3 is 3. The molecule has 1 aromatic rings. The molecule has 0 unspecified atom stereocenters. The minimum absolute atomic E-state index is 0.0795. The van der Waals surface area contributed by atoms with Gasteiger partial charge < -0.3 is 19.3 Å². The molecule has 1 aromatic carbocycles. The molecule has 0 bridgehead atoms. The maximum atomic E-state index is 12.8. The Balaban J connectivity index is 2.74. The van der Waals surface area contributed by atoms with E-state index in [4.69, 9.17) is 14.2 Å². The number of carbonyl (C=O) groups is 3. The molecule has 7 heteroatoms. The van der Waals surface area contributed by atoms with Gasteiger partial charge >= 0.3 is 5.97 Å². The van der Waals surface area contributed by atoms with Crippen LogP contribution < -0.4 is 4.74 Å². The van der Waals surface area contributed by atoms with Gasteiger partial charge in [0.05, 0.1) is 21.3 Å². The minimum Gasteiger partial charge on any atom is -0.496 e. The Morgan fingerprint density at radius 3 is 1.96 bits per heavy atom. The van der Waals surface area contributed by atoms with Crippen LogP contribution in [0.15, 0.2) is 29.2 Å². The van der Waals surface area contributed by atoms with Crippen LogP contribution in [0, 0.1) is 6.92 Å². The van der Waals surface area contributed by atoms with E-state index < -0.39 is 17.5 Å². The Morgan fingerprint density at radius 1 is 0.920 bits per heavy atom. The normalized spacial score (nSPS) is 14.8. The zero-order valence-electron chi connectivity index (χ0n) is 14.6. The molecule has 0 saturated carbocycles. The van der Waals surface area contributed by atoms with Crippen molar-refractivity contribution in [1.82, 2.24) is 0 Å². The first-order chi connectivity index (χ1) is 11.8. The third-order valence-electron chi connectivity index (χ3n) is 3.97. The van der Waals surface area contributed by atoms with Crippen LogP contribution >= 0.6 is 0 Å². The molecule has 0 radical (unpaired) electrons. The second-order valence-corrected chi connectivity index (χ2v) is 5.40. The quantitative estimate of drug-likeness (QED) is 0.815. The SMILES string of the molecule is COC1=C(OC)C(=O)C(c2cc(C)c(OC)c(C(=O)O)c2)=C(C)C1=O. The van der Waals surface area contributed by atoms with E-state index in [-0.39, 0.29) is 34.0 Å². The number of benzene rings is 1. The fourth-order valence-corrected chi connectivity index (χ4v) is 2.84. The fourth-order valence-electron chi connectivity index (χ4n) is 2.84. The lowest BCUT2D eigenvalue weighted by Gasteiger charge is -2.21. The van der Waals surface area contributed by atoms with E-state index in [0.29, 0.717) is 11.1 Å². The number of hydrogen-bond donors (Lipinski definition) is 1. The lowest BCUT2D eigenvalue weighted by molar-refractivity contribution is -0.119. The molecule has 7 nitrogen and oxygen atoms in total. The minimum atomic E-state index is -1.20. The molecular weight excluding hydrogens is 328 g/mol. The maximum absolute atomic E-state index is 12.8. The van der Waals surface area contributed by atoms with Crippen LogP contribution in [-0.2, 0) is 19.1 Å². The van der Waals surface area contributed by atoms with Crippen molar-refractivity contribution in [1.29, 1.82) is 0 Å². The summed E-state index contributed by atoms with van der Waals surface area (Å²) in [7, 11) is 3.91. The summed E-state index contributed by atoms with van der Waals surface area (Å²) in [5, 5.41) is 9.40. The van der Waals surface area contributed by atoms with Gasteiger partial charge in [-0.25, -0.2) is 4.79 Å². The van der Waals surface area contributed by atoms with Gasteiger partial charge in [0.25, 0.3) is 0 Å². The highest BCUT2D eigenvalue weighted by Gasteiger charge is 2.36. The fraction of sp³-hybridized carbons (Fsp3) is 0.278. The Morgan fingerprint density at radius 2 is 1.48 bits per heavy atom. The number of ketones is 2. The lowest BCUT2D eigenvalue weighted by Crippen LogP contribution is -2.24. The maximum Gasteiger partial charge on any atom is 0.339 e. The van der Waals surface area contributed by atoms with Gasteiger partial charge in [-0.2, -0.15) is 0 Å². The molecule has 0 spiro atoms. The lowest BCUT2D eigenvalue weighted by atomic mass is 9.87. The van der Waals surface area contributed by atoms with E-state index in [1.54, 1.807) is 13.0 Å². The number of aryl methyl sites for hydroxylation is 1. The van der Waals surface area contributed by atoms with Crippen LogP contribution in [-0.4, -0.2) is 44.0 Å². The predicted octanol–water partition coefficient (Wildman–Crippen LogP) is 2.13. The molecule has 1 aliphatic carbocycles. The molecule has 2 rings (SSSR count). The third-order valence-corrected chi connectivity index (χ3v) is 3.97. The van der Waals surface area contributed by atoms with Crippen LogP contribution in [0.2, 0.25) is 0 Å². The molecule has 25 heavy (non-hydrogen) atoms. The number of aromatic carboxylic acids is 1. The van der Waals surface area contributed by atoms with E-state index in [2.05, 4.69) is 0 Å². The zero-order chi connectivity index (χ0) is 18.9. The van der Waals surface area contributed by atoms with Crippen molar-refractivity contribution in [3.63, 3.8) is 0 Å². The van der Waals surface area contributed by atoms with Crippen LogP contribution in [0.3, 0.4) is 0 Å². The van der Waals surface area contributed by atoms with Gasteiger partial charge in [-0.05, 0) is 37.1 Å². The highest BCUT2D eigenvalue weighted by atomic mass is 16.5. The molecule has 1 N–H and O–H groups in total. The molecule has 0 heterocycles. The van der Waals surface area contributed by atoms with Crippen molar-refractivity contribution in [2.45, 2.75) is 13.8 Å². The van der Waals surface area contributed by atoms with Crippen molar-refractivity contribution in [2.75, 3.05) is 21.3 Å². The molecule has 0 fully saturated rings.